The molecule has 0 unspecified atom stereocenters. The Morgan fingerprint density at radius 1 is 1.21 bits per heavy atom. The minimum absolute atomic E-state index is 0.0282. The SMILES string of the molecule is COCC(=O)Nc1cccc(CNC(=O)c2ccc(F)cc2Br)c1. The molecule has 0 aromatic heterocycles. The highest BCUT2D eigenvalue weighted by Gasteiger charge is 2.10. The molecule has 5 nitrogen and oxygen atoms in total. The number of anilines is 1. The number of benzene rings is 2. The van der Waals surface area contributed by atoms with Gasteiger partial charge >= 0.3 is 0 Å². The van der Waals surface area contributed by atoms with Crippen LogP contribution in [0.5, 0.6) is 0 Å². The van der Waals surface area contributed by atoms with Crippen LogP contribution < -0.4 is 10.6 Å². The van der Waals surface area contributed by atoms with Crippen LogP contribution in [0, 0.1) is 5.82 Å². The largest absolute Gasteiger partial charge is 0.375 e. The molecule has 2 N–H and O–H groups in total. The first-order valence-electron chi connectivity index (χ1n) is 7.10. The van der Waals surface area contributed by atoms with E-state index in [1.807, 2.05) is 6.07 Å². The first-order valence-corrected chi connectivity index (χ1v) is 7.90. The van der Waals surface area contributed by atoms with Crippen molar-refractivity contribution in [3.63, 3.8) is 0 Å². The zero-order valence-corrected chi connectivity index (χ0v) is 14.5. The van der Waals surface area contributed by atoms with E-state index in [0.717, 1.165) is 5.56 Å². The summed E-state index contributed by atoms with van der Waals surface area (Å²) in [7, 11) is 1.44. The van der Waals surface area contributed by atoms with Crippen molar-refractivity contribution in [2.75, 3.05) is 19.0 Å². The molecule has 0 atom stereocenters. The number of carbonyl (C=O) groups is 2. The number of carbonyl (C=O) groups excluding carboxylic acids is 2. The fourth-order valence-electron chi connectivity index (χ4n) is 2.04. The van der Waals surface area contributed by atoms with Gasteiger partial charge < -0.3 is 15.4 Å². The Bertz CT molecular complexity index is 752. The first-order chi connectivity index (χ1) is 11.5. The molecule has 0 saturated heterocycles. The molecule has 0 aliphatic heterocycles. The van der Waals surface area contributed by atoms with Gasteiger partial charge in [-0.25, -0.2) is 4.39 Å². The highest BCUT2D eigenvalue weighted by molar-refractivity contribution is 9.10. The van der Waals surface area contributed by atoms with Crippen molar-refractivity contribution in [2.24, 2.45) is 0 Å². The Morgan fingerprint density at radius 3 is 2.71 bits per heavy atom. The number of hydrogen-bond donors (Lipinski definition) is 2. The Labute approximate surface area is 147 Å². The minimum atomic E-state index is -0.419. The predicted molar refractivity (Wildman–Crippen MR) is 92.2 cm³/mol. The highest BCUT2D eigenvalue weighted by atomic mass is 79.9. The Balaban J connectivity index is 1.98. The summed E-state index contributed by atoms with van der Waals surface area (Å²) in [4.78, 5) is 23.6. The van der Waals surface area contributed by atoms with Crippen LogP contribution in [0.25, 0.3) is 0 Å². The average Bonchev–Trinajstić information content (AvgIpc) is 2.53. The van der Waals surface area contributed by atoms with Crippen LogP contribution in [0.4, 0.5) is 10.1 Å². The van der Waals surface area contributed by atoms with Gasteiger partial charge in [0.05, 0.1) is 5.56 Å². The summed E-state index contributed by atoms with van der Waals surface area (Å²) in [6.45, 7) is 0.246. The van der Waals surface area contributed by atoms with Crippen LogP contribution in [0.2, 0.25) is 0 Å². The molecule has 0 aliphatic carbocycles. The standard InChI is InChI=1S/C17H16BrFN2O3/c1-24-10-16(22)21-13-4-2-3-11(7-13)9-20-17(23)14-6-5-12(19)8-15(14)18/h2-8H,9-10H2,1H3,(H,20,23)(H,21,22). The van der Waals surface area contributed by atoms with Crippen LogP contribution in [-0.4, -0.2) is 25.5 Å². The quantitative estimate of drug-likeness (QED) is 0.790. The third-order valence-electron chi connectivity index (χ3n) is 3.11. The summed E-state index contributed by atoms with van der Waals surface area (Å²) in [6, 6.07) is 11.0. The summed E-state index contributed by atoms with van der Waals surface area (Å²) < 4.78 is 18.2. The lowest BCUT2D eigenvalue weighted by Gasteiger charge is -2.09. The normalized spacial score (nSPS) is 10.3. The van der Waals surface area contributed by atoms with E-state index < -0.39 is 5.82 Å². The molecule has 2 rings (SSSR count). The third kappa shape index (κ3) is 5.14. The van der Waals surface area contributed by atoms with Crippen molar-refractivity contribution in [3.05, 3.63) is 63.9 Å². The van der Waals surface area contributed by atoms with Crippen LogP contribution in [0.1, 0.15) is 15.9 Å². The summed E-state index contributed by atoms with van der Waals surface area (Å²) >= 11 is 3.17. The van der Waals surface area contributed by atoms with Crippen molar-refractivity contribution in [3.8, 4) is 0 Å². The second kappa shape index (κ2) is 8.56. The smallest absolute Gasteiger partial charge is 0.252 e. The lowest BCUT2D eigenvalue weighted by molar-refractivity contribution is -0.119. The van der Waals surface area contributed by atoms with Gasteiger partial charge in [-0.1, -0.05) is 12.1 Å². The van der Waals surface area contributed by atoms with E-state index >= 15 is 0 Å². The number of ether oxygens (including phenoxy) is 1. The minimum Gasteiger partial charge on any atom is -0.375 e. The Kier molecular flexibility index (Phi) is 6.45. The number of halogens is 2. The van der Waals surface area contributed by atoms with Gasteiger partial charge in [0, 0.05) is 23.8 Å². The van der Waals surface area contributed by atoms with Gasteiger partial charge in [0.15, 0.2) is 0 Å². The molecule has 7 heteroatoms. The van der Waals surface area contributed by atoms with Crippen LogP contribution in [0.15, 0.2) is 46.9 Å². The molecule has 0 saturated carbocycles. The highest BCUT2D eigenvalue weighted by Crippen LogP contribution is 2.18. The van der Waals surface area contributed by atoms with E-state index in [0.29, 0.717) is 15.7 Å². The van der Waals surface area contributed by atoms with E-state index in [1.165, 1.54) is 25.3 Å². The summed E-state index contributed by atoms with van der Waals surface area (Å²) in [6.07, 6.45) is 0. The van der Waals surface area contributed by atoms with Crippen molar-refractivity contribution >= 4 is 33.4 Å². The molecule has 126 valence electrons. The monoisotopic (exact) mass is 394 g/mol. The lowest BCUT2D eigenvalue weighted by atomic mass is 10.1. The molecule has 2 amide bonds. The number of amides is 2. The van der Waals surface area contributed by atoms with E-state index in [4.69, 9.17) is 4.74 Å². The Hall–Kier alpha value is -2.25. The number of hydrogen-bond acceptors (Lipinski definition) is 3. The topological polar surface area (TPSA) is 67.4 Å². The van der Waals surface area contributed by atoms with Gasteiger partial charge in [-0.3, -0.25) is 9.59 Å². The number of rotatable bonds is 6. The zero-order chi connectivity index (χ0) is 17.5. The van der Waals surface area contributed by atoms with Gasteiger partial charge in [0.25, 0.3) is 5.91 Å². The third-order valence-corrected chi connectivity index (χ3v) is 3.77. The fraction of sp³-hybridized carbons (Fsp3) is 0.176. The fourth-order valence-corrected chi connectivity index (χ4v) is 2.57. The van der Waals surface area contributed by atoms with E-state index in [1.54, 1.807) is 18.2 Å². The second-order valence-electron chi connectivity index (χ2n) is 4.99. The lowest BCUT2D eigenvalue weighted by Crippen LogP contribution is -2.23. The molecular formula is C17H16BrFN2O3. The molecule has 2 aromatic carbocycles. The van der Waals surface area contributed by atoms with Crippen molar-refractivity contribution in [2.45, 2.75) is 6.54 Å². The molecule has 0 aliphatic rings. The number of methoxy groups -OCH3 is 1. The van der Waals surface area contributed by atoms with Crippen molar-refractivity contribution in [1.29, 1.82) is 0 Å². The molecular weight excluding hydrogens is 379 g/mol. The van der Waals surface area contributed by atoms with E-state index in [-0.39, 0.29) is 25.0 Å². The molecule has 0 heterocycles. The molecule has 0 bridgehead atoms. The maximum Gasteiger partial charge on any atom is 0.252 e. The van der Waals surface area contributed by atoms with Gasteiger partial charge in [-0.2, -0.15) is 0 Å². The molecule has 0 fully saturated rings. The summed E-state index contributed by atoms with van der Waals surface area (Å²) in [5.74, 6) is -0.998. The molecule has 0 spiro atoms. The first kappa shape index (κ1) is 18.1. The molecule has 0 radical (unpaired) electrons. The maximum absolute atomic E-state index is 13.1. The molecule has 2 aromatic rings. The van der Waals surface area contributed by atoms with Gasteiger partial charge in [-0.15, -0.1) is 0 Å². The Morgan fingerprint density at radius 2 is 2.00 bits per heavy atom. The van der Waals surface area contributed by atoms with E-state index in [2.05, 4.69) is 26.6 Å². The zero-order valence-electron chi connectivity index (χ0n) is 12.9. The van der Waals surface area contributed by atoms with Crippen LogP contribution in [0.3, 0.4) is 0 Å². The maximum atomic E-state index is 13.1. The summed E-state index contributed by atoms with van der Waals surface area (Å²) in [5, 5.41) is 5.44. The summed E-state index contributed by atoms with van der Waals surface area (Å²) in [5.41, 5.74) is 1.78. The van der Waals surface area contributed by atoms with Gasteiger partial charge in [0.1, 0.15) is 12.4 Å². The average molecular weight is 395 g/mol. The van der Waals surface area contributed by atoms with Gasteiger partial charge in [-0.05, 0) is 51.8 Å². The van der Waals surface area contributed by atoms with Crippen molar-refractivity contribution in [1.82, 2.24) is 5.32 Å². The number of nitrogens with one attached hydrogen (secondary N) is 2. The van der Waals surface area contributed by atoms with Crippen LogP contribution in [-0.2, 0) is 16.1 Å². The van der Waals surface area contributed by atoms with E-state index in [9.17, 15) is 14.0 Å². The van der Waals surface area contributed by atoms with Crippen LogP contribution >= 0.6 is 15.9 Å². The van der Waals surface area contributed by atoms with Gasteiger partial charge in [0.2, 0.25) is 5.91 Å². The van der Waals surface area contributed by atoms with Crippen molar-refractivity contribution < 1.29 is 18.7 Å². The predicted octanol–water partition coefficient (Wildman–Crippen LogP) is 3.10. The second-order valence-corrected chi connectivity index (χ2v) is 5.84. The molecule has 24 heavy (non-hydrogen) atoms.